The van der Waals surface area contributed by atoms with Gasteiger partial charge in [-0.25, -0.2) is 4.39 Å². The van der Waals surface area contributed by atoms with E-state index in [1.807, 2.05) is 0 Å². The van der Waals surface area contributed by atoms with Crippen molar-refractivity contribution in [1.29, 1.82) is 0 Å². The molecule has 1 nitrogen and oxygen atoms in total. The average molecular weight is 284 g/mol. The van der Waals surface area contributed by atoms with Gasteiger partial charge >= 0.3 is 0 Å². The van der Waals surface area contributed by atoms with E-state index in [0.717, 1.165) is 25.8 Å². The van der Waals surface area contributed by atoms with Crippen LogP contribution in [0.4, 0.5) is 4.39 Å². The third kappa shape index (κ3) is 3.70. The molecular weight excluding hydrogens is 261 g/mol. The molecule has 1 saturated carbocycles. The number of halogens is 2. The number of hydrogen-bond acceptors (Lipinski definition) is 1. The van der Waals surface area contributed by atoms with Crippen LogP contribution in [0.2, 0.25) is 5.02 Å². The molecule has 0 saturated heterocycles. The maximum atomic E-state index is 13.9. The van der Waals surface area contributed by atoms with Gasteiger partial charge in [0.05, 0.1) is 0 Å². The minimum Gasteiger partial charge on any atom is -0.312 e. The van der Waals surface area contributed by atoms with Crippen molar-refractivity contribution in [3.05, 3.63) is 34.6 Å². The van der Waals surface area contributed by atoms with Gasteiger partial charge in [-0.3, -0.25) is 0 Å². The highest BCUT2D eigenvalue weighted by molar-refractivity contribution is 6.31. The van der Waals surface area contributed by atoms with E-state index < -0.39 is 0 Å². The van der Waals surface area contributed by atoms with Crippen molar-refractivity contribution in [2.45, 2.75) is 52.0 Å². The number of rotatable bonds is 4. The zero-order valence-corrected chi connectivity index (χ0v) is 12.8. The third-order valence-corrected chi connectivity index (χ3v) is 4.38. The molecule has 106 valence electrons. The highest BCUT2D eigenvalue weighted by atomic mass is 35.5. The Kier molecular flexibility index (Phi) is 4.22. The molecule has 19 heavy (non-hydrogen) atoms. The lowest BCUT2D eigenvalue weighted by molar-refractivity contribution is 0.117. The molecule has 1 aromatic rings. The highest BCUT2D eigenvalue weighted by Crippen LogP contribution is 2.44. The lowest BCUT2D eigenvalue weighted by Crippen LogP contribution is -2.48. The molecule has 3 heteroatoms. The molecule has 0 spiro atoms. The van der Waals surface area contributed by atoms with Crippen LogP contribution in [0.15, 0.2) is 18.2 Å². The fourth-order valence-corrected chi connectivity index (χ4v) is 2.85. The maximum Gasteiger partial charge on any atom is 0.127 e. The van der Waals surface area contributed by atoms with Crippen molar-refractivity contribution in [1.82, 2.24) is 5.32 Å². The Morgan fingerprint density at radius 1 is 1.32 bits per heavy atom. The van der Waals surface area contributed by atoms with Crippen molar-refractivity contribution >= 4 is 11.6 Å². The van der Waals surface area contributed by atoms with Gasteiger partial charge in [-0.15, -0.1) is 0 Å². The lowest BCUT2D eigenvalue weighted by Gasteiger charge is -2.44. The van der Waals surface area contributed by atoms with E-state index in [0.29, 0.717) is 10.6 Å². The molecule has 1 aromatic carbocycles. The van der Waals surface area contributed by atoms with Gasteiger partial charge in [0.15, 0.2) is 0 Å². The second kappa shape index (κ2) is 5.41. The van der Waals surface area contributed by atoms with Gasteiger partial charge in [-0.1, -0.05) is 24.1 Å². The molecule has 1 N–H and O–H groups in total. The quantitative estimate of drug-likeness (QED) is 0.853. The molecular formula is C16H23ClFN. The summed E-state index contributed by atoms with van der Waals surface area (Å²) in [4.78, 5) is 0. The van der Waals surface area contributed by atoms with Crippen LogP contribution in [0.25, 0.3) is 0 Å². The Labute approximate surface area is 120 Å². The second-order valence-corrected chi connectivity index (χ2v) is 7.24. The maximum absolute atomic E-state index is 13.9. The predicted molar refractivity (Wildman–Crippen MR) is 79.2 cm³/mol. The van der Waals surface area contributed by atoms with E-state index in [4.69, 9.17) is 11.6 Å². The normalized spacial score (nSPS) is 18.2. The minimum absolute atomic E-state index is 0.0988. The van der Waals surface area contributed by atoms with Crippen molar-refractivity contribution in [2.75, 3.05) is 6.54 Å². The second-order valence-electron chi connectivity index (χ2n) is 6.83. The number of benzene rings is 1. The van der Waals surface area contributed by atoms with Crippen LogP contribution in [-0.2, 0) is 6.42 Å². The summed E-state index contributed by atoms with van der Waals surface area (Å²) < 4.78 is 13.9. The molecule has 0 bridgehead atoms. The summed E-state index contributed by atoms with van der Waals surface area (Å²) in [5.41, 5.74) is 0.959. The summed E-state index contributed by atoms with van der Waals surface area (Å²) in [6, 6.07) is 4.95. The van der Waals surface area contributed by atoms with Gasteiger partial charge in [0.25, 0.3) is 0 Å². The Morgan fingerprint density at radius 2 is 2.00 bits per heavy atom. The molecule has 0 unspecified atom stereocenters. The average Bonchev–Trinajstić information content (AvgIpc) is 2.24. The monoisotopic (exact) mass is 283 g/mol. The van der Waals surface area contributed by atoms with Gasteiger partial charge in [-0.2, -0.15) is 0 Å². The summed E-state index contributed by atoms with van der Waals surface area (Å²) in [5, 5.41) is 4.12. The lowest BCUT2D eigenvalue weighted by atomic mass is 9.65. The van der Waals surface area contributed by atoms with Crippen LogP contribution in [0.5, 0.6) is 0 Å². The van der Waals surface area contributed by atoms with E-state index in [1.54, 1.807) is 12.1 Å². The van der Waals surface area contributed by atoms with E-state index in [1.165, 1.54) is 12.5 Å². The fourth-order valence-electron chi connectivity index (χ4n) is 2.62. The van der Waals surface area contributed by atoms with Crippen molar-refractivity contribution in [2.24, 2.45) is 5.41 Å². The van der Waals surface area contributed by atoms with Crippen molar-refractivity contribution in [3.63, 3.8) is 0 Å². The minimum atomic E-state index is -0.172. The first kappa shape index (κ1) is 14.8. The Morgan fingerprint density at radius 3 is 2.47 bits per heavy atom. The Hall–Kier alpha value is -0.600. The molecule has 0 aromatic heterocycles. The molecule has 0 aliphatic heterocycles. The fraction of sp³-hybridized carbons (Fsp3) is 0.625. The Balaban J connectivity index is 2.10. The van der Waals surface area contributed by atoms with Crippen LogP contribution >= 0.6 is 11.6 Å². The van der Waals surface area contributed by atoms with E-state index in [-0.39, 0.29) is 16.8 Å². The summed E-state index contributed by atoms with van der Waals surface area (Å²) in [7, 11) is 0. The summed E-state index contributed by atoms with van der Waals surface area (Å²) in [5.74, 6) is -0.172. The molecule has 1 aliphatic rings. The zero-order chi connectivity index (χ0) is 14.1. The predicted octanol–water partition coefficient (Wildman–Crippen LogP) is 4.58. The van der Waals surface area contributed by atoms with Crippen LogP contribution in [0.3, 0.4) is 0 Å². The number of hydrogen-bond donors (Lipinski definition) is 1. The third-order valence-electron chi connectivity index (χ3n) is 4.02. The molecule has 0 heterocycles. The number of nitrogens with one attached hydrogen (secondary N) is 1. The first-order valence-electron chi connectivity index (χ1n) is 6.99. The van der Waals surface area contributed by atoms with Crippen LogP contribution in [-0.4, -0.2) is 12.1 Å². The summed E-state index contributed by atoms with van der Waals surface area (Å²) in [6.07, 6.45) is 4.28. The molecule has 2 rings (SSSR count). The van der Waals surface area contributed by atoms with Gasteiger partial charge < -0.3 is 5.32 Å². The molecule has 1 aliphatic carbocycles. The van der Waals surface area contributed by atoms with Crippen LogP contribution in [0.1, 0.15) is 45.6 Å². The molecule has 1 fully saturated rings. The Bertz CT molecular complexity index is 426. The van der Waals surface area contributed by atoms with Gasteiger partial charge in [0.1, 0.15) is 5.82 Å². The first-order chi connectivity index (χ1) is 8.81. The first-order valence-corrected chi connectivity index (χ1v) is 7.37. The van der Waals surface area contributed by atoms with Crippen LogP contribution in [0, 0.1) is 11.2 Å². The topological polar surface area (TPSA) is 12.0 Å². The highest BCUT2D eigenvalue weighted by Gasteiger charge is 2.38. The summed E-state index contributed by atoms with van der Waals surface area (Å²) in [6.45, 7) is 7.42. The zero-order valence-electron chi connectivity index (χ0n) is 12.0. The molecule has 0 amide bonds. The smallest absolute Gasteiger partial charge is 0.127 e. The van der Waals surface area contributed by atoms with Gasteiger partial charge in [0, 0.05) is 22.7 Å². The standard InChI is InChI=1S/C16H23ClFN/c1-15(2,3)19-11-16(8-5-9-16)10-12-13(17)6-4-7-14(12)18/h4,6-7,19H,5,8-11H2,1-3H3. The molecule has 0 atom stereocenters. The van der Waals surface area contributed by atoms with E-state index in [2.05, 4.69) is 26.1 Å². The largest absolute Gasteiger partial charge is 0.312 e. The van der Waals surface area contributed by atoms with E-state index >= 15 is 0 Å². The van der Waals surface area contributed by atoms with E-state index in [9.17, 15) is 4.39 Å². The van der Waals surface area contributed by atoms with Crippen molar-refractivity contribution < 1.29 is 4.39 Å². The van der Waals surface area contributed by atoms with Crippen LogP contribution < -0.4 is 5.32 Å². The molecule has 0 radical (unpaired) electrons. The SMILES string of the molecule is CC(C)(C)NCC1(Cc2c(F)cccc2Cl)CCC1. The van der Waals surface area contributed by atoms with Gasteiger partial charge in [-0.05, 0) is 57.6 Å². The summed E-state index contributed by atoms with van der Waals surface area (Å²) >= 11 is 6.15. The van der Waals surface area contributed by atoms with Gasteiger partial charge in [0.2, 0.25) is 0 Å². The van der Waals surface area contributed by atoms with Crippen molar-refractivity contribution in [3.8, 4) is 0 Å².